The number of nitrogens with two attached hydrogens (primary N) is 1. The molecule has 0 radical (unpaired) electrons. The van der Waals surface area contributed by atoms with Crippen LogP contribution in [0.25, 0.3) is 0 Å². The molecular formula is C20H24IN7O7. The van der Waals surface area contributed by atoms with Gasteiger partial charge in [-0.05, 0) is 30.7 Å². The van der Waals surface area contributed by atoms with Gasteiger partial charge in [0.2, 0.25) is 12.3 Å². The van der Waals surface area contributed by atoms with E-state index in [4.69, 9.17) is 13.9 Å². The molecule has 7 N–H and O–H groups in total. The highest BCUT2D eigenvalue weighted by Crippen LogP contribution is 2.17. The van der Waals surface area contributed by atoms with Gasteiger partial charge in [-0.1, -0.05) is 0 Å². The van der Waals surface area contributed by atoms with E-state index >= 15 is 0 Å². The zero-order chi connectivity index (χ0) is 25.5. The number of guanidine groups is 1. The Bertz CT molecular complexity index is 1030. The Labute approximate surface area is 213 Å². The van der Waals surface area contributed by atoms with Crippen molar-refractivity contribution in [2.45, 2.75) is 37.1 Å². The summed E-state index contributed by atoms with van der Waals surface area (Å²) in [4.78, 5) is 54.9. The highest BCUT2D eigenvalue weighted by molar-refractivity contribution is 14.1. The van der Waals surface area contributed by atoms with Crippen LogP contribution in [0, 0.1) is 0 Å². The fraction of sp³-hybridized carbons (Fsp3) is 0.400. The van der Waals surface area contributed by atoms with E-state index in [0.717, 1.165) is 5.69 Å². The number of nitrogens with one attached hydrogen (secondary N) is 3. The molecule has 2 amide bonds. The molecule has 14 nitrogen and oxygen atoms in total. The molecule has 1 aromatic rings. The number of halogens is 1. The Morgan fingerprint density at radius 1 is 1.37 bits per heavy atom. The number of anilines is 1. The molecule has 1 saturated heterocycles. The van der Waals surface area contributed by atoms with E-state index in [1.807, 2.05) is 0 Å². The number of nitrogens with zero attached hydrogens (tertiary/aromatic N) is 3. The number of amides is 2. The second kappa shape index (κ2) is 11.8. The summed E-state index contributed by atoms with van der Waals surface area (Å²) >= 11 is 1.59. The Morgan fingerprint density at radius 3 is 2.69 bits per heavy atom. The molecule has 1 fully saturated rings. The average Bonchev–Trinajstić information content (AvgIpc) is 2.82. The van der Waals surface area contributed by atoms with E-state index in [2.05, 4.69) is 25.9 Å². The molecule has 0 bridgehead atoms. The minimum absolute atomic E-state index is 0.0122. The van der Waals surface area contributed by atoms with Gasteiger partial charge in [0.15, 0.2) is 35.0 Å². The Balaban J connectivity index is 1.63. The van der Waals surface area contributed by atoms with Crippen LogP contribution < -0.4 is 21.7 Å². The summed E-state index contributed by atoms with van der Waals surface area (Å²) in [5.74, 6) is -2.80. The molecule has 0 aromatic heterocycles. The van der Waals surface area contributed by atoms with Crippen LogP contribution >= 0.6 is 23.0 Å². The summed E-state index contributed by atoms with van der Waals surface area (Å²) < 4.78 is 5.20. The van der Waals surface area contributed by atoms with E-state index < -0.39 is 36.1 Å². The largest absolute Gasteiger partial charge is 0.481 e. The lowest BCUT2D eigenvalue weighted by molar-refractivity contribution is -0.139. The molecule has 1 aromatic carbocycles. The van der Waals surface area contributed by atoms with Gasteiger partial charge in [-0.3, -0.25) is 19.7 Å². The van der Waals surface area contributed by atoms with Gasteiger partial charge in [-0.15, -0.1) is 0 Å². The molecule has 4 unspecified atom stereocenters. The van der Waals surface area contributed by atoms with E-state index in [9.17, 15) is 24.3 Å². The monoisotopic (exact) mass is 601 g/mol. The van der Waals surface area contributed by atoms with Crippen molar-refractivity contribution in [1.82, 2.24) is 15.5 Å². The van der Waals surface area contributed by atoms with Crippen LogP contribution in [-0.4, -0.2) is 88.6 Å². The van der Waals surface area contributed by atoms with Crippen LogP contribution in [0.15, 0.2) is 34.3 Å². The maximum Gasteiger partial charge on any atom is 0.328 e. The summed E-state index contributed by atoms with van der Waals surface area (Å²) in [6, 6.07) is 4.61. The lowest BCUT2D eigenvalue weighted by Gasteiger charge is -2.44. The average molecular weight is 601 g/mol. The Morgan fingerprint density at radius 2 is 2.09 bits per heavy atom. The van der Waals surface area contributed by atoms with Crippen molar-refractivity contribution in [3.8, 4) is 0 Å². The molecule has 2 aliphatic rings. The van der Waals surface area contributed by atoms with Crippen LogP contribution in [0.5, 0.6) is 0 Å². The SMILES string of the molecule is NC1=NC(=O)C2C(N1)NC(CNc1ccc(/C(=N/C(CCC(=O)O)C(=O)O)OI)cc1)CN2C=O. The molecule has 4 atom stereocenters. The van der Waals surface area contributed by atoms with Gasteiger partial charge in [-0.2, -0.15) is 4.99 Å². The summed E-state index contributed by atoms with van der Waals surface area (Å²) in [5.41, 5.74) is 6.88. The maximum absolute atomic E-state index is 12.1. The minimum Gasteiger partial charge on any atom is -0.481 e. The van der Waals surface area contributed by atoms with Gasteiger partial charge in [0.1, 0.15) is 12.2 Å². The number of rotatable bonds is 10. The van der Waals surface area contributed by atoms with Crippen molar-refractivity contribution in [3.05, 3.63) is 29.8 Å². The first-order valence-corrected chi connectivity index (χ1v) is 11.4. The molecule has 3 rings (SSSR count). The lowest BCUT2D eigenvalue weighted by atomic mass is 10.0. The topological polar surface area (TPSA) is 208 Å². The van der Waals surface area contributed by atoms with Crippen LogP contribution in [0.4, 0.5) is 5.69 Å². The van der Waals surface area contributed by atoms with Gasteiger partial charge in [-0.25, -0.2) is 9.79 Å². The molecule has 0 saturated carbocycles. The molecule has 188 valence electrons. The molecule has 15 heteroatoms. The highest BCUT2D eigenvalue weighted by atomic mass is 127. The number of aliphatic carboxylic acids is 2. The molecule has 2 aliphatic heterocycles. The Hall–Kier alpha value is -3.47. The van der Waals surface area contributed by atoms with Crippen molar-refractivity contribution in [2.24, 2.45) is 15.7 Å². The summed E-state index contributed by atoms with van der Waals surface area (Å²) in [6.45, 7) is 0.699. The quantitative estimate of drug-likeness (QED) is 0.0838. The fourth-order valence-electron chi connectivity index (χ4n) is 3.73. The number of fused-ring (bicyclic) bond motifs is 1. The number of benzene rings is 1. The maximum atomic E-state index is 12.1. The van der Waals surface area contributed by atoms with Crippen molar-refractivity contribution in [1.29, 1.82) is 0 Å². The van der Waals surface area contributed by atoms with Crippen LogP contribution in [0.2, 0.25) is 0 Å². The second-order valence-electron chi connectivity index (χ2n) is 7.82. The third kappa shape index (κ3) is 6.78. The number of carbonyl (C=O) groups excluding carboxylic acids is 2. The first kappa shape index (κ1) is 26.1. The van der Waals surface area contributed by atoms with Crippen molar-refractivity contribution >= 4 is 64.8 Å². The smallest absolute Gasteiger partial charge is 0.328 e. The van der Waals surface area contributed by atoms with Crippen LogP contribution in [0.3, 0.4) is 0 Å². The number of carboxylic acids is 2. The van der Waals surface area contributed by atoms with Gasteiger partial charge in [0, 0.05) is 36.8 Å². The predicted molar refractivity (Wildman–Crippen MR) is 132 cm³/mol. The van der Waals surface area contributed by atoms with Crippen molar-refractivity contribution < 1.29 is 32.5 Å². The minimum atomic E-state index is -1.25. The number of aliphatic imine (C=N–C) groups is 2. The standard InChI is InChI=1S/C20H24IN7O7/c21-35-18(25-13(19(33)34)5-6-14(30)31)10-1-3-11(4-2-10)23-7-12-8-28(9-29)15-16(24-12)26-20(22)27-17(15)32/h1-4,9,12-13,15-16,23-24H,5-8H2,(H,30,31)(H,33,34)(H3,22,26,27,32)/b25-18-. The number of hydrogen-bond acceptors (Lipinski definition) is 10. The predicted octanol–water partition coefficient (Wildman–Crippen LogP) is -0.901. The van der Waals surface area contributed by atoms with Crippen molar-refractivity contribution in [3.63, 3.8) is 0 Å². The van der Waals surface area contributed by atoms with Gasteiger partial charge >= 0.3 is 11.9 Å². The van der Waals surface area contributed by atoms with Gasteiger partial charge in [0.25, 0.3) is 5.91 Å². The summed E-state index contributed by atoms with van der Waals surface area (Å²) in [5, 5.41) is 27.5. The first-order valence-electron chi connectivity index (χ1n) is 10.5. The Kier molecular flexibility index (Phi) is 8.80. The van der Waals surface area contributed by atoms with Gasteiger partial charge in [0.05, 0.1) is 0 Å². The third-order valence-corrected chi connectivity index (χ3v) is 5.81. The zero-order valence-electron chi connectivity index (χ0n) is 18.3. The first-order chi connectivity index (χ1) is 16.7. The lowest BCUT2D eigenvalue weighted by Crippen LogP contribution is -2.73. The fourth-order valence-corrected chi connectivity index (χ4v) is 4.09. The third-order valence-electron chi connectivity index (χ3n) is 5.39. The van der Waals surface area contributed by atoms with Crippen LogP contribution in [-0.2, 0) is 22.2 Å². The van der Waals surface area contributed by atoms with E-state index in [1.165, 1.54) is 4.90 Å². The summed E-state index contributed by atoms with van der Waals surface area (Å²) in [6.07, 6.45) is -0.446. The van der Waals surface area contributed by atoms with Gasteiger partial charge < -0.3 is 34.5 Å². The normalized spacial score (nSPS) is 22.8. The zero-order valence-corrected chi connectivity index (χ0v) is 20.4. The number of carboxylic acid groups (broad SMARTS) is 2. The highest BCUT2D eigenvalue weighted by Gasteiger charge is 2.42. The molecular weight excluding hydrogens is 577 g/mol. The summed E-state index contributed by atoms with van der Waals surface area (Å²) in [7, 11) is 0. The van der Waals surface area contributed by atoms with Crippen LogP contribution in [0.1, 0.15) is 18.4 Å². The molecule has 0 aliphatic carbocycles. The van der Waals surface area contributed by atoms with E-state index in [-0.39, 0.29) is 37.3 Å². The number of carbonyl (C=O) groups is 4. The number of piperazine rings is 1. The van der Waals surface area contributed by atoms with E-state index in [1.54, 1.807) is 47.3 Å². The molecule has 35 heavy (non-hydrogen) atoms. The second-order valence-corrected chi connectivity index (χ2v) is 8.26. The molecule has 2 heterocycles. The molecule has 0 spiro atoms. The van der Waals surface area contributed by atoms with Crippen molar-refractivity contribution in [2.75, 3.05) is 18.4 Å². The van der Waals surface area contributed by atoms with E-state index in [0.29, 0.717) is 18.5 Å². The number of hydrogen-bond donors (Lipinski definition) is 6.